The van der Waals surface area contributed by atoms with E-state index in [2.05, 4.69) is 28.5 Å². The molecule has 2 atom stereocenters. The number of pyridine rings is 1. The summed E-state index contributed by atoms with van der Waals surface area (Å²) in [5, 5.41) is 4.27. The van der Waals surface area contributed by atoms with Crippen LogP contribution in [-0.4, -0.2) is 36.8 Å². The molecule has 1 saturated heterocycles. The van der Waals surface area contributed by atoms with Crippen LogP contribution in [-0.2, 0) is 16.0 Å². The largest absolute Gasteiger partial charge is 0.483 e. The van der Waals surface area contributed by atoms with Crippen LogP contribution < -0.4 is 10.1 Å². The van der Waals surface area contributed by atoms with Gasteiger partial charge in [0.2, 0.25) is 0 Å². The molecule has 0 radical (unpaired) electrons. The summed E-state index contributed by atoms with van der Waals surface area (Å²) in [4.78, 5) is 17.0. The number of carbonyl (C=O) groups is 1. The van der Waals surface area contributed by atoms with E-state index in [0.717, 1.165) is 39.8 Å². The normalized spacial score (nSPS) is 18.5. The SMILES string of the molecule is Cc1ccc(C)c(OCC(=O)N[C@@H]2COC[C@H]2Cc2ccnc3ccccc23)c1C. The van der Waals surface area contributed by atoms with E-state index in [1.807, 2.05) is 51.2 Å². The summed E-state index contributed by atoms with van der Waals surface area (Å²) in [6.45, 7) is 7.24. The zero-order valence-corrected chi connectivity index (χ0v) is 17.8. The zero-order valence-electron chi connectivity index (χ0n) is 17.8. The van der Waals surface area contributed by atoms with Gasteiger partial charge in [0.1, 0.15) is 5.75 Å². The van der Waals surface area contributed by atoms with Crippen LogP contribution in [0.15, 0.2) is 48.7 Å². The summed E-state index contributed by atoms with van der Waals surface area (Å²) < 4.78 is 11.6. The summed E-state index contributed by atoms with van der Waals surface area (Å²) in [5.41, 5.74) is 5.50. The van der Waals surface area contributed by atoms with Gasteiger partial charge in [0.15, 0.2) is 6.61 Å². The number of carbonyl (C=O) groups excluding carboxylic acids is 1. The second kappa shape index (κ2) is 8.84. The molecule has 4 rings (SSSR count). The van der Waals surface area contributed by atoms with Crippen LogP contribution >= 0.6 is 0 Å². The average Bonchev–Trinajstić information content (AvgIpc) is 3.17. The molecule has 5 nitrogen and oxygen atoms in total. The van der Waals surface area contributed by atoms with Crippen molar-refractivity contribution in [1.29, 1.82) is 0 Å². The summed E-state index contributed by atoms with van der Waals surface area (Å²) in [6, 6.07) is 14.3. The maximum Gasteiger partial charge on any atom is 0.258 e. The monoisotopic (exact) mass is 404 g/mol. The third-order valence-corrected chi connectivity index (χ3v) is 5.99. The lowest BCUT2D eigenvalue weighted by molar-refractivity contribution is -0.124. The molecule has 0 unspecified atom stereocenters. The molecule has 1 aliphatic heterocycles. The van der Waals surface area contributed by atoms with Gasteiger partial charge >= 0.3 is 0 Å². The molecule has 0 bridgehead atoms. The molecular weight excluding hydrogens is 376 g/mol. The lowest BCUT2D eigenvalue weighted by atomic mass is 9.93. The molecule has 0 spiro atoms. The third kappa shape index (κ3) is 4.31. The molecule has 1 aromatic heterocycles. The van der Waals surface area contributed by atoms with E-state index in [9.17, 15) is 4.79 Å². The molecule has 1 fully saturated rings. The van der Waals surface area contributed by atoms with Crippen LogP contribution in [0.5, 0.6) is 5.75 Å². The Morgan fingerprint density at radius 2 is 1.90 bits per heavy atom. The number of nitrogens with zero attached hydrogens (tertiary/aromatic N) is 1. The Balaban J connectivity index is 1.39. The Bertz CT molecular complexity index is 1060. The van der Waals surface area contributed by atoms with E-state index >= 15 is 0 Å². The Hall–Kier alpha value is -2.92. The van der Waals surface area contributed by atoms with Gasteiger partial charge in [-0.25, -0.2) is 0 Å². The fraction of sp³-hybridized carbons (Fsp3) is 0.360. The van der Waals surface area contributed by atoms with Gasteiger partial charge in [-0.3, -0.25) is 9.78 Å². The van der Waals surface area contributed by atoms with Crippen molar-refractivity contribution in [2.75, 3.05) is 19.8 Å². The maximum absolute atomic E-state index is 12.6. The van der Waals surface area contributed by atoms with Gasteiger partial charge in [-0.1, -0.05) is 30.3 Å². The Morgan fingerprint density at radius 3 is 2.77 bits per heavy atom. The van der Waals surface area contributed by atoms with E-state index < -0.39 is 0 Å². The molecule has 1 aliphatic rings. The molecule has 2 heterocycles. The van der Waals surface area contributed by atoms with Crippen molar-refractivity contribution in [2.24, 2.45) is 5.92 Å². The van der Waals surface area contributed by atoms with Crippen LogP contribution in [0.1, 0.15) is 22.3 Å². The fourth-order valence-corrected chi connectivity index (χ4v) is 4.11. The number of aromatic nitrogens is 1. The number of para-hydroxylation sites is 1. The number of hydrogen-bond donors (Lipinski definition) is 1. The smallest absolute Gasteiger partial charge is 0.258 e. The number of ether oxygens (including phenoxy) is 2. The van der Waals surface area contributed by atoms with Crippen molar-refractivity contribution in [3.8, 4) is 5.75 Å². The highest BCUT2D eigenvalue weighted by Crippen LogP contribution is 2.26. The minimum absolute atomic E-state index is 0.00649. The fourth-order valence-electron chi connectivity index (χ4n) is 4.11. The predicted octanol–water partition coefficient (Wildman–Crippen LogP) is 3.91. The van der Waals surface area contributed by atoms with Crippen LogP contribution in [0.2, 0.25) is 0 Å². The quantitative estimate of drug-likeness (QED) is 0.677. The lowest BCUT2D eigenvalue weighted by Crippen LogP contribution is -2.42. The second-order valence-electron chi connectivity index (χ2n) is 8.11. The van der Waals surface area contributed by atoms with Gasteiger partial charge in [0.05, 0.1) is 24.8 Å². The first kappa shape index (κ1) is 20.4. The predicted molar refractivity (Wildman–Crippen MR) is 118 cm³/mol. The molecule has 0 saturated carbocycles. The van der Waals surface area contributed by atoms with E-state index in [0.29, 0.717) is 13.2 Å². The number of rotatable bonds is 6. The zero-order chi connectivity index (χ0) is 21.1. The van der Waals surface area contributed by atoms with E-state index in [4.69, 9.17) is 9.47 Å². The van der Waals surface area contributed by atoms with Gasteiger partial charge in [0.25, 0.3) is 5.91 Å². The van der Waals surface area contributed by atoms with Gasteiger partial charge in [-0.05, 0) is 61.6 Å². The molecule has 30 heavy (non-hydrogen) atoms. The number of fused-ring (bicyclic) bond motifs is 1. The van der Waals surface area contributed by atoms with Crippen molar-refractivity contribution >= 4 is 16.8 Å². The van der Waals surface area contributed by atoms with Crippen molar-refractivity contribution in [3.63, 3.8) is 0 Å². The number of amides is 1. The highest BCUT2D eigenvalue weighted by molar-refractivity contribution is 5.82. The van der Waals surface area contributed by atoms with Crippen molar-refractivity contribution in [2.45, 2.75) is 33.2 Å². The minimum Gasteiger partial charge on any atom is -0.483 e. The summed E-state index contributed by atoms with van der Waals surface area (Å²) >= 11 is 0. The van der Waals surface area contributed by atoms with E-state index in [1.165, 1.54) is 5.56 Å². The van der Waals surface area contributed by atoms with Gasteiger partial charge in [-0.2, -0.15) is 0 Å². The van der Waals surface area contributed by atoms with Gasteiger partial charge in [-0.15, -0.1) is 0 Å². The number of nitrogens with one attached hydrogen (secondary N) is 1. The van der Waals surface area contributed by atoms with Crippen molar-refractivity contribution < 1.29 is 14.3 Å². The van der Waals surface area contributed by atoms with Crippen LogP contribution in [0.4, 0.5) is 0 Å². The van der Waals surface area contributed by atoms with Crippen LogP contribution in [0, 0.1) is 26.7 Å². The standard InChI is InChI=1S/C25H28N2O3/c1-16-8-9-17(2)25(18(16)3)30-15-24(28)27-23-14-29-13-20(23)12-19-10-11-26-22-7-5-4-6-21(19)22/h4-11,20,23H,12-15H2,1-3H3,(H,27,28)/t20-,23-/m1/s1. The molecular formula is C25H28N2O3. The highest BCUT2D eigenvalue weighted by atomic mass is 16.5. The first-order valence-corrected chi connectivity index (χ1v) is 10.4. The Morgan fingerprint density at radius 1 is 1.10 bits per heavy atom. The Labute approximate surface area is 177 Å². The topological polar surface area (TPSA) is 60.5 Å². The van der Waals surface area contributed by atoms with E-state index in [-0.39, 0.29) is 24.5 Å². The molecule has 0 aliphatic carbocycles. The first-order valence-electron chi connectivity index (χ1n) is 10.4. The molecule has 1 amide bonds. The van der Waals surface area contributed by atoms with Crippen molar-refractivity contribution in [1.82, 2.24) is 10.3 Å². The minimum atomic E-state index is -0.115. The first-order chi connectivity index (χ1) is 14.5. The summed E-state index contributed by atoms with van der Waals surface area (Å²) in [6.07, 6.45) is 2.69. The highest BCUT2D eigenvalue weighted by Gasteiger charge is 2.30. The van der Waals surface area contributed by atoms with Crippen LogP contribution in [0.25, 0.3) is 10.9 Å². The molecule has 2 aromatic carbocycles. The molecule has 1 N–H and O–H groups in total. The average molecular weight is 405 g/mol. The Kier molecular flexibility index (Phi) is 6.00. The number of aryl methyl sites for hydroxylation is 2. The van der Waals surface area contributed by atoms with Gasteiger partial charge < -0.3 is 14.8 Å². The third-order valence-electron chi connectivity index (χ3n) is 5.99. The number of hydrogen-bond acceptors (Lipinski definition) is 4. The molecule has 5 heteroatoms. The van der Waals surface area contributed by atoms with E-state index in [1.54, 1.807) is 0 Å². The molecule has 3 aromatic rings. The maximum atomic E-state index is 12.6. The summed E-state index contributed by atoms with van der Waals surface area (Å²) in [5.74, 6) is 0.908. The van der Waals surface area contributed by atoms with Crippen molar-refractivity contribution in [3.05, 3.63) is 70.9 Å². The van der Waals surface area contributed by atoms with Gasteiger partial charge in [0, 0.05) is 17.5 Å². The number of benzene rings is 2. The van der Waals surface area contributed by atoms with Crippen LogP contribution in [0.3, 0.4) is 0 Å². The lowest BCUT2D eigenvalue weighted by Gasteiger charge is -2.20. The second-order valence-corrected chi connectivity index (χ2v) is 8.11. The summed E-state index contributed by atoms with van der Waals surface area (Å²) in [7, 11) is 0. The molecule has 156 valence electrons.